The Morgan fingerprint density at radius 2 is 1.85 bits per heavy atom. The fourth-order valence-electron chi connectivity index (χ4n) is 4.30. The van der Waals surface area contributed by atoms with Gasteiger partial charge in [-0.3, -0.25) is 4.18 Å². The molecule has 0 radical (unpaired) electrons. The molecule has 40 heavy (non-hydrogen) atoms. The molecule has 0 bridgehead atoms. The largest absolute Gasteiger partial charge is 0.444 e. The van der Waals surface area contributed by atoms with Crippen molar-refractivity contribution >= 4 is 21.9 Å². The molecule has 1 fully saturated rings. The van der Waals surface area contributed by atoms with Gasteiger partial charge in [-0.2, -0.15) is 8.42 Å². The number of carbonyl (C=O) groups excluding carboxylic acids is 1. The fourth-order valence-corrected chi connectivity index (χ4v) is 4.65. The van der Waals surface area contributed by atoms with Crippen LogP contribution in [0.5, 0.6) is 0 Å². The van der Waals surface area contributed by atoms with Crippen LogP contribution in [0.2, 0.25) is 0 Å². The molecule has 0 aliphatic carbocycles. The average molecular weight is 569 g/mol. The summed E-state index contributed by atoms with van der Waals surface area (Å²) in [7, 11) is -3.60. The van der Waals surface area contributed by atoms with Crippen molar-refractivity contribution in [2.75, 3.05) is 37.5 Å². The van der Waals surface area contributed by atoms with E-state index in [2.05, 4.69) is 15.2 Å². The number of benzene rings is 2. The second-order valence-corrected chi connectivity index (χ2v) is 12.3. The summed E-state index contributed by atoms with van der Waals surface area (Å²) in [5.41, 5.74) is 4.67. The number of amides is 1. The van der Waals surface area contributed by atoms with Crippen molar-refractivity contribution in [1.82, 2.24) is 15.3 Å². The van der Waals surface area contributed by atoms with E-state index >= 15 is 0 Å². The van der Waals surface area contributed by atoms with Gasteiger partial charge < -0.3 is 19.7 Å². The summed E-state index contributed by atoms with van der Waals surface area (Å²) in [6, 6.07) is 15.6. The number of alkyl carbamates (subject to hydrolysis) is 1. The van der Waals surface area contributed by atoms with E-state index in [0.717, 1.165) is 53.0 Å². The minimum atomic E-state index is -3.60. The SMILES string of the molecule is CC(C)(C)OC(=O)NCc1cccc(-c2ccnc(Cc3ccc(N4CCOCC4)c(COS(C)(=O)=O)c3)n2)c1. The molecule has 0 unspecified atom stereocenters. The van der Waals surface area contributed by atoms with Crippen LogP contribution in [0, 0.1) is 0 Å². The van der Waals surface area contributed by atoms with Crippen molar-refractivity contribution in [3.63, 3.8) is 0 Å². The molecule has 0 spiro atoms. The molecule has 1 saturated heterocycles. The molecule has 2 aromatic carbocycles. The fraction of sp³-hybridized carbons (Fsp3) is 0.414. The molecule has 0 saturated carbocycles. The van der Waals surface area contributed by atoms with Gasteiger partial charge >= 0.3 is 6.09 Å². The molecular weight excluding hydrogens is 532 g/mol. The first-order valence-corrected chi connectivity index (χ1v) is 14.9. The Morgan fingerprint density at radius 3 is 2.58 bits per heavy atom. The maximum atomic E-state index is 12.0. The van der Waals surface area contributed by atoms with E-state index in [1.807, 2.05) is 69.3 Å². The highest BCUT2D eigenvalue weighted by molar-refractivity contribution is 7.85. The van der Waals surface area contributed by atoms with Gasteiger partial charge in [-0.25, -0.2) is 14.8 Å². The Morgan fingerprint density at radius 1 is 1.07 bits per heavy atom. The van der Waals surface area contributed by atoms with Crippen LogP contribution >= 0.6 is 0 Å². The van der Waals surface area contributed by atoms with Gasteiger partial charge in [0.1, 0.15) is 11.4 Å². The predicted octanol–water partition coefficient (Wildman–Crippen LogP) is 4.07. The molecule has 1 aromatic heterocycles. The Labute approximate surface area is 235 Å². The van der Waals surface area contributed by atoms with Gasteiger partial charge in [0.15, 0.2) is 0 Å². The number of morpholine rings is 1. The normalized spacial score (nSPS) is 14.2. The van der Waals surface area contributed by atoms with Gasteiger partial charge in [0.05, 0.1) is 31.8 Å². The van der Waals surface area contributed by atoms with Crippen molar-refractivity contribution in [3.05, 3.63) is 77.2 Å². The number of carbonyl (C=O) groups is 1. The third kappa shape index (κ3) is 9.00. The van der Waals surface area contributed by atoms with Gasteiger partial charge in [-0.15, -0.1) is 0 Å². The lowest BCUT2D eigenvalue weighted by Gasteiger charge is -2.30. The van der Waals surface area contributed by atoms with E-state index in [0.29, 0.717) is 32.0 Å². The summed E-state index contributed by atoms with van der Waals surface area (Å²) in [6.07, 6.45) is 2.76. The van der Waals surface area contributed by atoms with E-state index in [4.69, 9.17) is 18.6 Å². The van der Waals surface area contributed by atoms with Crippen LogP contribution in [0.1, 0.15) is 43.3 Å². The van der Waals surface area contributed by atoms with Gasteiger partial charge in [-0.05, 0) is 50.1 Å². The summed E-state index contributed by atoms with van der Waals surface area (Å²) in [5.74, 6) is 0.629. The Hall–Kier alpha value is -3.54. The Kier molecular flexibility index (Phi) is 9.39. The highest BCUT2D eigenvalue weighted by Gasteiger charge is 2.18. The standard InChI is InChI=1S/C29H36N4O6S/c1-29(2,3)39-28(34)31-19-22-6-5-7-23(17-22)25-10-11-30-27(32-25)18-21-8-9-26(33-12-14-37-15-13-33)24(16-21)20-38-40(4,35)36/h5-11,16-17H,12-15,18-20H2,1-4H3,(H,31,34). The summed E-state index contributed by atoms with van der Waals surface area (Å²) in [4.78, 5) is 23.4. The zero-order valence-corrected chi connectivity index (χ0v) is 24.2. The molecule has 4 rings (SSSR count). The van der Waals surface area contributed by atoms with Crippen LogP contribution in [0.3, 0.4) is 0 Å². The predicted molar refractivity (Wildman–Crippen MR) is 152 cm³/mol. The van der Waals surface area contributed by atoms with Crippen LogP contribution in [0.4, 0.5) is 10.5 Å². The summed E-state index contributed by atoms with van der Waals surface area (Å²) < 4.78 is 39.3. The van der Waals surface area contributed by atoms with Crippen LogP contribution in [-0.2, 0) is 43.3 Å². The smallest absolute Gasteiger partial charge is 0.407 e. The minimum Gasteiger partial charge on any atom is -0.444 e. The van der Waals surface area contributed by atoms with Crippen LogP contribution in [-0.4, -0.2) is 62.6 Å². The highest BCUT2D eigenvalue weighted by Crippen LogP contribution is 2.26. The molecule has 2 heterocycles. The third-order valence-corrected chi connectivity index (χ3v) is 6.60. The lowest BCUT2D eigenvalue weighted by Crippen LogP contribution is -2.36. The van der Waals surface area contributed by atoms with Crippen LogP contribution in [0.15, 0.2) is 54.7 Å². The molecule has 1 N–H and O–H groups in total. The number of nitrogens with zero attached hydrogens (tertiary/aromatic N) is 3. The van der Waals surface area contributed by atoms with Gasteiger partial charge in [-0.1, -0.05) is 30.3 Å². The number of nitrogens with one attached hydrogen (secondary N) is 1. The molecule has 0 atom stereocenters. The van der Waals surface area contributed by atoms with E-state index in [9.17, 15) is 13.2 Å². The van der Waals surface area contributed by atoms with Crippen LogP contribution < -0.4 is 10.2 Å². The molecule has 3 aromatic rings. The van der Waals surface area contributed by atoms with Crippen molar-refractivity contribution in [2.24, 2.45) is 0 Å². The van der Waals surface area contributed by atoms with Gasteiger partial charge in [0.2, 0.25) is 0 Å². The minimum absolute atomic E-state index is 0.0512. The molecule has 10 nitrogen and oxygen atoms in total. The summed E-state index contributed by atoms with van der Waals surface area (Å²) in [5, 5.41) is 2.78. The zero-order chi connectivity index (χ0) is 28.8. The topological polar surface area (TPSA) is 120 Å². The van der Waals surface area contributed by atoms with Crippen molar-refractivity contribution < 1.29 is 26.9 Å². The molecule has 1 amide bonds. The van der Waals surface area contributed by atoms with Gasteiger partial charge in [0, 0.05) is 49.1 Å². The van der Waals surface area contributed by atoms with Gasteiger partial charge in [0.25, 0.3) is 10.1 Å². The quantitative estimate of drug-likeness (QED) is 0.381. The molecule has 1 aliphatic rings. The molecule has 214 valence electrons. The lowest BCUT2D eigenvalue weighted by atomic mass is 10.0. The maximum Gasteiger partial charge on any atom is 0.407 e. The van der Waals surface area contributed by atoms with Crippen molar-refractivity contribution in [1.29, 1.82) is 0 Å². The van der Waals surface area contributed by atoms with E-state index < -0.39 is 21.8 Å². The van der Waals surface area contributed by atoms with Crippen molar-refractivity contribution in [3.8, 4) is 11.3 Å². The second kappa shape index (κ2) is 12.8. The number of aromatic nitrogens is 2. The number of anilines is 1. The first-order valence-electron chi connectivity index (χ1n) is 13.1. The number of hydrogen-bond acceptors (Lipinski definition) is 9. The zero-order valence-electron chi connectivity index (χ0n) is 23.3. The first kappa shape index (κ1) is 29.4. The first-order chi connectivity index (χ1) is 18.9. The van der Waals surface area contributed by atoms with Crippen LogP contribution in [0.25, 0.3) is 11.3 Å². The lowest BCUT2D eigenvalue weighted by molar-refractivity contribution is 0.0523. The Bertz CT molecular complexity index is 1430. The number of rotatable bonds is 9. The van der Waals surface area contributed by atoms with E-state index in [1.165, 1.54) is 0 Å². The maximum absolute atomic E-state index is 12.0. The third-order valence-electron chi connectivity index (χ3n) is 6.05. The van der Waals surface area contributed by atoms with Crippen molar-refractivity contribution in [2.45, 2.75) is 45.9 Å². The molecule has 1 aliphatic heterocycles. The summed E-state index contributed by atoms with van der Waals surface area (Å²) >= 11 is 0. The number of ether oxygens (including phenoxy) is 2. The monoisotopic (exact) mass is 568 g/mol. The Balaban J connectivity index is 1.50. The molecular formula is C29H36N4O6S. The molecule has 11 heteroatoms. The second-order valence-electron chi connectivity index (χ2n) is 10.6. The highest BCUT2D eigenvalue weighted by atomic mass is 32.2. The van der Waals surface area contributed by atoms with E-state index in [-0.39, 0.29) is 6.61 Å². The van der Waals surface area contributed by atoms with E-state index in [1.54, 1.807) is 6.20 Å². The summed E-state index contributed by atoms with van der Waals surface area (Å²) in [6.45, 7) is 8.43. The number of hydrogen-bond donors (Lipinski definition) is 1. The average Bonchev–Trinajstić information content (AvgIpc) is 2.90.